The van der Waals surface area contributed by atoms with Gasteiger partial charge in [0.25, 0.3) is 0 Å². The molecule has 2 fully saturated rings. The van der Waals surface area contributed by atoms with E-state index in [2.05, 4.69) is 40.2 Å². The molecule has 0 spiro atoms. The zero-order valence-electron chi connectivity index (χ0n) is 17.7. The Bertz CT molecular complexity index is 765. The van der Waals surface area contributed by atoms with Gasteiger partial charge in [-0.2, -0.15) is 0 Å². The maximum Gasteiger partial charge on any atom is 0.217 e. The van der Waals surface area contributed by atoms with Gasteiger partial charge in [0.05, 0.1) is 13.2 Å². The van der Waals surface area contributed by atoms with E-state index in [0.29, 0.717) is 6.10 Å². The third-order valence-electron chi connectivity index (χ3n) is 6.49. The van der Waals surface area contributed by atoms with Crippen LogP contribution in [0.3, 0.4) is 0 Å². The molecule has 1 saturated carbocycles. The molecule has 4 nitrogen and oxygen atoms in total. The quantitative estimate of drug-likeness (QED) is 0.612. The van der Waals surface area contributed by atoms with Gasteiger partial charge in [-0.05, 0) is 94.1 Å². The third-order valence-corrected chi connectivity index (χ3v) is 6.49. The standard InChI is InChI=1S/C25H34N2O2/c1-28-25-22(7-5-15-26-25)19-27-16-13-20(14-17-27)11-12-21-6-4-10-24(18-21)29-23-8-2-3-9-23/h4-7,10,15,18,20,23H,2-3,8-9,11-14,16-17,19H2,1H3. The van der Waals surface area contributed by atoms with E-state index >= 15 is 0 Å². The van der Waals surface area contributed by atoms with Crippen LogP contribution in [-0.2, 0) is 13.0 Å². The highest BCUT2D eigenvalue weighted by Crippen LogP contribution is 2.27. The highest BCUT2D eigenvalue weighted by Gasteiger charge is 2.21. The molecule has 1 aromatic carbocycles. The van der Waals surface area contributed by atoms with Gasteiger partial charge in [-0.1, -0.05) is 18.2 Å². The second-order valence-corrected chi connectivity index (χ2v) is 8.60. The molecule has 4 heteroatoms. The number of benzene rings is 1. The van der Waals surface area contributed by atoms with Crippen LogP contribution in [-0.4, -0.2) is 36.2 Å². The van der Waals surface area contributed by atoms with Crippen molar-refractivity contribution < 1.29 is 9.47 Å². The SMILES string of the molecule is COc1ncccc1CN1CCC(CCc2cccc(OC3CCCC3)c2)CC1. The van der Waals surface area contributed by atoms with Crippen molar-refractivity contribution in [2.24, 2.45) is 5.92 Å². The van der Waals surface area contributed by atoms with Gasteiger partial charge in [-0.25, -0.2) is 4.98 Å². The summed E-state index contributed by atoms with van der Waals surface area (Å²) < 4.78 is 11.6. The van der Waals surface area contributed by atoms with Gasteiger partial charge in [-0.3, -0.25) is 4.90 Å². The lowest BCUT2D eigenvalue weighted by molar-refractivity contribution is 0.170. The molecule has 0 amide bonds. The van der Waals surface area contributed by atoms with Crippen molar-refractivity contribution in [2.75, 3.05) is 20.2 Å². The van der Waals surface area contributed by atoms with Crippen molar-refractivity contribution in [1.82, 2.24) is 9.88 Å². The van der Waals surface area contributed by atoms with Gasteiger partial charge in [-0.15, -0.1) is 0 Å². The highest BCUT2D eigenvalue weighted by molar-refractivity contribution is 5.29. The van der Waals surface area contributed by atoms with E-state index < -0.39 is 0 Å². The number of piperidine rings is 1. The molecular formula is C25H34N2O2. The monoisotopic (exact) mass is 394 g/mol. The molecule has 2 aromatic rings. The number of methoxy groups -OCH3 is 1. The van der Waals surface area contributed by atoms with Crippen LogP contribution >= 0.6 is 0 Å². The number of rotatable bonds is 8. The summed E-state index contributed by atoms with van der Waals surface area (Å²) in [6.45, 7) is 3.26. The number of ether oxygens (including phenoxy) is 2. The van der Waals surface area contributed by atoms with Crippen molar-refractivity contribution >= 4 is 0 Å². The van der Waals surface area contributed by atoms with E-state index in [4.69, 9.17) is 9.47 Å². The van der Waals surface area contributed by atoms with Crippen LogP contribution in [0, 0.1) is 5.92 Å². The minimum Gasteiger partial charge on any atom is -0.490 e. The number of pyridine rings is 1. The molecule has 2 aliphatic rings. The molecule has 1 aliphatic heterocycles. The minimum atomic E-state index is 0.438. The fourth-order valence-corrected chi connectivity index (χ4v) is 4.75. The molecule has 4 rings (SSSR count). The first-order valence-corrected chi connectivity index (χ1v) is 11.3. The van der Waals surface area contributed by atoms with Crippen LogP contribution in [0.5, 0.6) is 11.6 Å². The zero-order chi connectivity index (χ0) is 19.9. The Hall–Kier alpha value is -2.07. The third kappa shape index (κ3) is 5.72. The van der Waals surface area contributed by atoms with Crippen molar-refractivity contribution in [2.45, 2.75) is 64.0 Å². The largest absolute Gasteiger partial charge is 0.490 e. The van der Waals surface area contributed by atoms with Gasteiger partial charge in [0.2, 0.25) is 5.88 Å². The summed E-state index contributed by atoms with van der Waals surface area (Å²) in [5, 5.41) is 0. The van der Waals surface area contributed by atoms with E-state index in [1.807, 2.05) is 6.07 Å². The molecule has 1 saturated heterocycles. The van der Waals surface area contributed by atoms with E-state index in [-0.39, 0.29) is 0 Å². The average molecular weight is 395 g/mol. The molecule has 1 aromatic heterocycles. The number of likely N-dealkylation sites (tertiary alicyclic amines) is 1. The number of nitrogens with zero attached hydrogens (tertiary/aromatic N) is 2. The first-order chi connectivity index (χ1) is 14.3. The van der Waals surface area contributed by atoms with Crippen molar-refractivity contribution in [3.8, 4) is 11.6 Å². The second-order valence-electron chi connectivity index (χ2n) is 8.60. The summed E-state index contributed by atoms with van der Waals surface area (Å²) >= 11 is 0. The number of hydrogen-bond donors (Lipinski definition) is 0. The van der Waals surface area contributed by atoms with E-state index in [9.17, 15) is 0 Å². The summed E-state index contributed by atoms with van der Waals surface area (Å²) in [6.07, 6.45) is 12.3. The Morgan fingerprint density at radius 3 is 2.66 bits per heavy atom. The lowest BCUT2D eigenvalue weighted by Crippen LogP contribution is -2.33. The summed E-state index contributed by atoms with van der Waals surface area (Å²) in [5.41, 5.74) is 2.61. The Morgan fingerprint density at radius 2 is 1.86 bits per heavy atom. The molecule has 2 heterocycles. The molecule has 29 heavy (non-hydrogen) atoms. The normalized spacial score (nSPS) is 18.8. The predicted octanol–water partition coefficient (Wildman–Crippen LogP) is 5.26. The number of aromatic nitrogens is 1. The lowest BCUT2D eigenvalue weighted by Gasteiger charge is -2.32. The summed E-state index contributed by atoms with van der Waals surface area (Å²) in [4.78, 5) is 6.85. The van der Waals surface area contributed by atoms with Gasteiger partial charge in [0.15, 0.2) is 0 Å². The molecular weight excluding hydrogens is 360 g/mol. The Morgan fingerprint density at radius 1 is 1.03 bits per heavy atom. The van der Waals surface area contributed by atoms with Crippen LogP contribution < -0.4 is 9.47 Å². The summed E-state index contributed by atoms with van der Waals surface area (Å²) in [6, 6.07) is 12.9. The van der Waals surface area contributed by atoms with E-state index in [1.165, 1.54) is 56.1 Å². The number of aryl methyl sites for hydroxylation is 1. The molecule has 156 valence electrons. The molecule has 0 radical (unpaired) electrons. The maximum absolute atomic E-state index is 6.18. The molecule has 0 bridgehead atoms. The van der Waals surface area contributed by atoms with Gasteiger partial charge < -0.3 is 9.47 Å². The fraction of sp³-hybridized carbons (Fsp3) is 0.560. The topological polar surface area (TPSA) is 34.6 Å². The van der Waals surface area contributed by atoms with Crippen LogP contribution in [0.2, 0.25) is 0 Å². The number of hydrogen-bond acceptors (Lipinski definition) is 4. The van der Waals surface area contributed by atoms with Crippen LogP contribution in [0.4, 0.5) is 0 Å². The fourth-order valence-electron chi connectivity index (χ4n) is 4.75. The second kappa shape index (κ2) is 10.1. The zero-order valence-corrected chi connectivity index (χ0v) is 17.7. The molecule has 1 aliphatic carbocycles. The van der Waals surface area contributed by atoms with Crippen LogP contribution in [0.25, 0.3) is 0 Å². The first kappa shape index (κ1) is 20.2. The van der Waals surface area contributed by atoms with Crippen LogP contribution in [0.15, 0.2) is 42.6 Å². The average Bonchev–Trinajstić information content (AvgIpc) is 3.27. The maximum atomic E-state index is 6.18. The highest BCUT2D eigenvalue weighted by atomic mass is 16.5. The van der Waals surface area contributed by atoms with E-state index in [0.717, 1.165) is 43.6 Å². The summed E-state index contributed by atoms with van der Waals surface area (Å²) in [7, 11) is 1.70. The summed E-state index contributed by atoms with van der Waals surface area (Å²) in [5.74, 6) is 2.64. The smallest absolute Gasteiger partial charge is 0.217 e. The Labute approximate surface area is 175 Å². The molecule has 0 atom stereocenters. The van der Waals surface area contributed by atoms with Crippen molar-refractivity contribution in [1.29, 1.82) is 0 Å². The van der Waals surface area contributed by atoms with E-state index in [1.54, 1.807) is 13.3 Å². The lowest BCUT2D eigenvalue weighted by atomic mass is 9.90. The predicted molar refractivity (Wildman–Crippen MR) is 116 cm³/mol. The van der Waals surface area contributed by atoms with Crippen LogP contribution in [0.1, 0.15) is 56.1 Å². The molecule has 0 N–H and O–H groups in total. The van der Waals surface area contributed by atoms with Gasteiger partial charge in [0, 0.05) is 18.3 Å². The minimum absolute atomic E-state index is 0.438. The first-order valence-electron chi connectivity index (χ1n) is 11.3. The molecule has 0 unspecified atom stereocenters. The van der Waals surface area contributed by atoms with Gasteiger partial charge >= 0.3 is 0 Å². The van der Waals surface area contributed by atoms with Gasteiger partial charge in [0.1, 0.15) is 5.75 Å². The van der Waals surface area contributed by atoms with Crippen molar-refractivity contribution in [3.63, 3.8) is 0 Å². The van der Waals surface area contributed by atoms with Crippen molar-refractivity contribution in [3.05, 3.63) is 53.7 Å². The Balaban J connectivity index is 1.22. The Kier molecular flexibility index (Phi) is 7.04.